The lowest BCUT2D eigenvalue weighted by Gasteiger charge is -2.21. The van der Waals surface area contributed by atoms with Crippen molar-refractivity contribution in [1.82, 2.24) is 14.4 Å². The van der Waals surface area contributed by atoms with E-state index >= 15 is 0 Å². The lowest BCUT2D eigenvalue weighted by Crippen LogP contribution is -2.31. The van der Waals surface area contributed by atoms with Crippen LogP contribution in [0.2, 0.25) is 0 Å². The minimum absolute atomic E-state index is 0.274. The molecule has 0 aliphatic carbocycles. The third-order valence-electron chi connectivity index (χ3n) is 4.63. The van der Waals surface area contributed by atoms with Crippen LogP contribution in [-0.2, 0) is 10.0 Å². The van der Waals surface area contributed by atoms with Crippen LogP contribution in [0.4, 0.5) is 0 Å². The van der Waals surface area contributed by atoms with Crippen LogP contribution in [0, 0.1) is 0 Å². The van der Waals surface area contributed by atoms with Gasteiger partial charge in [-0.05, 0) is 49.2 Å². The summed E-state index contributed by atoms with van der Waals surface area (Å²) in [4.78, 5) is 4.72. The van der Waals surface area contributed by atoms with Crippen LogP contribution in [0.5, 0.6) is 5.75 Å². The molecule has 0 unspecified atom stereocenters. The van der Waals surface area contributed by atoms with Crippen molar-refractivity contribution in [3.63, 3.8) is 0 Å². The van der Waals surface area contributed by atoms with Crippen molar-refractivity contribution in [3.05, 3.63) is 60.4 Å². The van der Waals surface area contributed by atoms with Crippen molar-refractivity contribution in [2.45, 2.75) is 23.8 Å². The Morgan fingerprint density at radius 1 is 1.11 bits per heavy atom. The van der Waals surface area contributed by atoms with Crippen molar-refractivity contribution in [2.75, 3.05) is 13.7 Å². The lowest BCUT2D eigenvalue weighted by molar-refractivity contribution is 0.358. The Morgan fingerprint density at radius 3 is 2.56 bits per heavy atom. The molecule has 0 spiro atoms. The van der Waals surface area contributed by atoms with E-state index in [2.05, 4.69) is 10.1 Å². The Labute approximate surface area is 157 Å². The van der Waals surface area contributed by atoms with Gasteiger partial charge in [-0.3, -0.25) is 0 Å². The number of nitrogens with zero attached hydrogens (tertiary/aromatic N) is 3. The number of hydrogen-bond donors (Lipinski definition) is 0. The van der Waals surface area contributed by atoms with Gasteiger partial charge in [-0.1, -0.05) is 23.4 Å². The molecule has 2 heterocycles. The highest BCUT2D eigenvalue weighted by molar-refractivity contribution is 7.89. The molecule has 3 aromatic rings. The monoisotopic (exact) mass is 385 g/mol. The molecule has 8 heteroatoms. The largest absolute Gasteiger partial charge is 0.497 e. The van der Waals surface area contributed by atoms with Crippen molar-refractivity contribution in [1.29, 1.82) is 0 Å². The summed E-state index contributed by atoms with van der Waals surface area (Å²) in [5.74, 6) is 1.48. The summed E-state index contributed by atoms with van der Waals surface area (Å²) >= 11 is 0. The first-order valence-electron chi connectivity index (χ1n) is 8.64. The van der Waals surface area contributed by atoms with E-state index in [1.807, 2.05) is 12.1 Å². The number of sulfonamides is 1. The van der Waals surface area contributed by atoms with E-state index in [0.717, 1.165) is 17.7 Å². The molecule has 0 N–H and O–H groups in total. The van der Waals surface area contributed by atoms with Gasteiger partial charge in [0.1, 0.15) is 5.75 Å². The first-order chi connectivity index (χ1) is 13.1. The van der Waals surface area contributed by atoms with Gasteiger partial charge in [-0.2, -0.15) is 9.29 Å². The van der Waals surface area contributed by atoms with Gasteiger partial charge < -0.3 is 9.26 Å². The summed E-state index contributed by atoms with van der Waals surface area (Å²) in [6.07, 6.45) is 1.41. The molecule has 1 fully saturated rings. The van der Waals surface area contributed by atoms with Crippen molar-refractivity contribution >= 4 is 10.0 Å². The summed E-state index contributed by atoms with van der Waals surface area (Å²) in [5, 5.41) is 4.05. The SMILES string of the molecule is COc1ccc(-c2nc([C@@H]3CCCN3S(=O)(=O)c3ccccc3)no2)cc1. The summed E-state index contributed by atoms with van der Waals surface area (Å²) in [5.41, 5.74) is 0.755. The Balaban J connectivity index is 1.62. The molecule has 0 saturated carbocycles. The molecule has 0 bridgehead atoms. The Kier molecular flexibility index (Phi) is 4.67. The number of methoxy groups -OCH3 is 1. The Bertz CT molecular complexity index is 1020. The molecular formula is C19H19N3O4S. The Morgan fingerprint density at radius 2 is 1.85 bits per heavy atom. The first-order valence-corrected chi connectivity index (χ1v) is 10.1. The molecule has 2 aromatic carbocycles. The van der Waals surface area contributed by atoms with Gasteiger partial charge in [0.2, 0.25) is 10.0 Å². The second-order valence-electron chi connectivity index (χ2n) is 6.27. The van der Waals surface area contributed by atoms with Crippen LogP contribution < -0.4 is 4.74 Å². The predicted octanol–water partition coefficient (Wildman–Crippen LogP) is 3.27. The zero-order valence-electron chi connectivity index (χ0n) is 14.8. The van der Waals surface area contributed by atoms with Crippen molar-refractivity contribution < 1.29 is 17.7 Å². The zero-order valence-corrected chi connectivity index (χ0v) is 15.6. The van der Waals surface area contributed by atoms with E-state index in [9.17, 15) is 8.42 Å². The number of rotatable bonds is 5. The molecule has 1 aliphatic rings. The fourth-order valence-corrected chi connectivity index (χ4v) is 4.91. The third-order valence-corrected chi connectivity index (χ3v) is 6.55. The van der Waals surface area contributed by atoms with Crippen molar-refractivity contribution in [2.24, 2.45) is 0 Å². The van der Waals surface area contributed by atoms with Gasteiger partial charge in [-0.25, -0.2) is 8.42 Å². The lowest BCUT2D eigenvalue weighted by atomic mass is 10.2. The van der Waals surface area contributed by atoms with Crippen LogP contribution in [0.25, 0.3) is 11.5 Å². The van der Waals surface area contributed by atoms with Gasteiger partial charge in [-0.15, -0.1) is 0 Å². The highest BCUT2D eigenvalue weighted by atomic mass is 32.2. The van der Waals surface area contributed by atoms with Crippen LogP contribution in [-0.4, -0.2) is 36.5 Å². The topological polar surface area (TPSA) is 85.5 Å². The molecule has 27 heavy (non-hydrogen) atoms. The molecule has 1 aliphatic heterocycles. The van der Waals surface area contributed by atoms with Crippen LogP contribution in [0.15, 0.2) is 64.0 Å². The molecule has 0 amide bonds. The van der Waals surface area contributed by atoms with Gasteiger partial charge in [0, 0.05) is 12.1 Å². The maximum Gasteiger partial charge on any atom is 0.257 e. The Hall–Kier alpha value is -2.71. The number of benzene rings is 2. The smallest absolute Gasteiger partial charge is 0.257 e. The second kappa shape index (κ2) is 7.13. The predicted molar refractivity (Wildman–Crippen MR) is 98.6 cm³/mol. The summed E-state index contributed by atoms with van der Waals surface area (Å²) in [6, 6.07) is 15.3. The van der Waals surface area contributed by atoms with E-state index in [-0.39, 0.29) is 4.90 Å². The minimum Gasteiger partial charge on any atom is -0.497 e. The average Bonchev–Trinajstić information content (AvgIpc) is 3.38. The molecule has 1 aromatic heterocycles. The molecule has 4 rings (SSSR count). The number of aromatic nitrogens is 2. The zero-order chi connectivity index (χ0) is 18.9. The molecule has 140 valence electrons. The first kappa shape index (κ1) is 17.7. The fourth-order valence-electron chi connectivity index (χ4n) is 3.23. The summed E-state index contributed by atoms with van der Waals surface area (Å²) in [6.45, 7) is 0.439. The van der Waals surface area contributed by atoms with E-state index in [4.69, 9.17) is 9.26 Å². The fraction of sp³-hybridized carbons (Fsp3) is 0.263. The molecule has 0 radical (unpaired) electrons. The normalized spacial score (nSPS) is 17.9. The average molecular weight is 385 g/mol. The van der Waals surface area contributed by atoms with Crippen molar-refractivity contribution in [3.8, 4) is 17.2 Å². The highest BCUT2D eigenvalue weighted by Gasteiger charge is 2.38. The van der Waals surface area contributed by atoms with Crippen LogP contribution >= 0.6 is 0 Å². The van der Waals surface area contributed by atoms with Gasteiger partial charge in [0.25, 0.3) is 5.89 Å². The van der Waals surface area contributed by atoms with Crippen LogP contribution in [0.1, 0.15) is 24.7 Å². The molecule has 1 saturated heterocycles. The highest BCUT2D eigenvalue weighted by Crippen LogP contribution is 2.36. The second-order valence-corrected chi connectivity index (χ2v) is 8.16. The van der Waals surface area contributed by atoms with E-state index in [0.29, 0.717) is 24.7 Å². The maximum atomic E-state index is 13.0. The van der Waals surface area contributed by atoms with Gasteiger partial charge in [0.05, 0.1) is 18.0 Å². The molecule has 1 atom stereocenters. The van der Waals surface area contributed by atoms with E-state index in [1.54, 1.807) is 49.6 Å². The van der Waals surface area contributed by atoms with E-state index in [1.165, 1.54) is 4.31 Å². The van der Waals surface area contributed by atoms with E-state index < -0.39 is 16.1 Å². The maximum absolute atomic E-state index is 13.0. The molecule has 7 nitrogen and oxygen atoms in total. The number of hydrogen-bond acceptors (Lipinski definition) is 6. The quantitative estimate of drug-likeness (QED) is 0.670. The summed E-state index contributed by atoms with van der Waals surface area (Å²) in [7, 11) is -2.01. The van der Waals surface area contributed by atoms with Gasteiger partial charge in [0.15, 0.2) is 5.82 Å². The van der Waals surface area contributed by atoms with Crippen LogP contribution in [0.3, 0.4) is 0 Å². The summed E-state index contributed by atoms with van der Waals surface area (Å²) < 4.78 is 38.0. The minimum atomic E-state index is -3.61. The molecular weight excluding hydrogens is 366 g/mol. The number of ether oxygens (including phenoxy) is 1. The van der Waals surface area contributed by atoms with Gasteiger partial charge >= 0.3 is 0 Å². The third kappa shape index (κ3) is 3.33. The standard InChI is InChI=1S/C19H19N3O4S/c1-25-15-11-9-14(10-12-15)19-20-18(21-26-19)17-8-5-13-22(17)27(23,24)16-6-3-2-4-7-16/h2-4,6-7,9-12,17H,5,8,13H2,1H3/t17-/m0/s1.